The molecule has 0 bridgehead atoms. The zero-order chi connectivity index (χ0) is 14.6. The van der Waals surface area contributed by atoms with Crippen molar-refractivity contribution in [3.05, 3.63) is 36.7 Å². The lowest BCUT2D eigenvalue weighted by molar-refractivity contribution is 0.243. The van der Waals surface area contributed by atoms with Crippen LogP contribution in [-0.4, -0.2) is 26.5 Å². The van der Waals surface area contributed by atoms with Gasteiger partial charge < -0.3 is 5.32 Å². The maximum Gasteiger partial charge on any atom is 0.320 e. The zero-order valence-electron chi connectivity index (χ0n) is 11.7. The fraction of sp³-hybridized carbons (Fsp3) is 0.286. The van der Waals surface area contributed by atoms with E-state index in [4.69, 9.17) is 0 Å². The lowest BCUT2D eigenvalue weighted by Gasteiger charge is -2.20. The standard InChI is InChI=1S/C14H17N5O/c1-14(2,3)19-13(20)18-11-7-9-16-12(17-11)10-6-4-5-8-15-10/h4-9H,1-3H3,(H2,16,17,18,19,20). The number of nitrogens with zero attached hydrogens (tertiary/aromatic N) is 3. The summed E-state index contributed by atoms with van der Waals surface area (Å²) in [6, 6.07) is 6.83. The molecule has 2 aromatic heterocycles. The van der Waals surface area contributed by atoms with Gasteiger partial charge in [-0.15, -0.1) is 0 Å². The number of rotatable bonds is 2. The Labute approximate surface area is 117 Å². The maximum atomic E-state index is 11.8. The maximum absolute atomic E-state index is 11.8. The van der Waals surface area contributed by atoms with Crippen LogP contribution in [0.15, 0.2) is 36.7 Å². The third-order valence-electron chi connectivity index (χ3n) is 2.28. The Bertz CT molecular complexity index is 592. The Kier molecular flexibility index (Phi) is 3.93. The second kappa shape index (κ2) is 5.64. The molecule has 0 radical (unpaired) electrons. The topological polar surface area (TPSA) is 79.8 Å². The van der Waals surface area contributed by atoms with Crippen LogP contribution >= 0.6 is 0 Å². The smallest absolute Gasteiger partial charge is 0.320 e. The minimum atomic E-state index is -0.305. The summed E-state index contributed by atoms with van der Waals surface area (Å²) in [5.74, 6) is 0.904. The van der Waals surface area contributed by atoms with Gasteiger partial charge in [0.05, 0.1) is 0 Å². The van der Waals surface area contributed by atoms with Crippen molar-refractivity contribution in [2.45, 2.75) is 26.3 Å². The van der Waals surface area contributed by atoms with Gasteiger partial charge in [-0.1, -0.05) is 6.07 Å². The van der Waals surface area contributed by atoms with Crippen molar-refractivity contribution in [1.29, 1.82) is 0 Å². The summed E-state index contributed by atoms with van der Waals surface area (Å²) in [7, 11) is 0. The molecule has 0 aromatic carbocycles. The molecule has 0 spiro atoms. The quantitative estimate of drug-likeness (QED) is 0.879. The molecule has 0 fully saturated rings. The van der Waals surface area contributed by atoms with Gasteiger partial charge in [-0.05, 0) is 39.0 Å². The number of hydrogen-bond donors (Lipinski definition) is 2. The highest BCUT2D eigenvalue weighted by molar-refractivity contribution is 5.88. The lowest BCUT2D eigenvalue weighted by Crippen LogP contribution is -2.43. The van der Waals surface area contributed by atoms with E-state index in [9.17, 15) is 4.79 Å². The predicted octanol–water partition coefficient (Wildman–Crippen LogP) is 2.46. The van der Waals surface area contributed by atoms with Crippen LogP contribution in [0, 0.1) is 0 Å². The molecule has 0 aliphatic rings. The van der Waals surface area contributed by atoms with Crippen LogP contribution in [-0.2, 0) is 0 Å². The summed E-state index contributed by atoms with van der Waals surface area (Å²) < 4.78 is 0. The first-order chi connectivity index (χ1) is 9.44. The average molecular weight is 271 g/mol. The van der Waals surface area contributed by atoms with E-state index in [1.807, 2.05) is 39.0 Å². The third kappa shape index (κ3) is 4.01. The minimum absolute atomic E-state index is 0.303. The highest BCUT2D eigenvalue weighted by atomic mass is 16.2. The van der Waals surface area contributed by atoms with E-state index in [2.05, 4.69) is 25.6 Å². The largest absolute Gasteiger partial charge is 0.333 e. The van der Waals surface area contributed by atoms with Crippen LogP contribution in [0.4, 0.5) is 10.6 Å². The van der Waals surface area contributed by atoms with Gasteiger partial charge in [-0.25, -0.2) is 14.8 Å². The molecule has 0 unspecified atom stereocenters. The van der Waals surface area contributed by atoms with Crippen LogP contribution in [0.5, 0.6) is 0 Å². The number of urea groups is 1. The summed E-state index contributed by atoms with van der Waals surface area (Å²) >= 11 is 0. The number of carbonyl (C=O) groups excluding carboxylic acids is 1. The predicted molar refractivity (Wildman–Crippen MR) is 77.2 cm³/mol. The fourth-order valence-corrected chi connectivity index (χ4v) is 1.53. The van der Waals surface area contributed by atoms with E-state index in [0.717, 1.165) is 0 Å². The molecule has 0 aliphatic carbocycles. The van der Waals surface area contributed by atoms with Crippen molar-refractivity contribution in [1.82, 2.24) is 20.3 Å². The Morgan fingerprint density at radius 2 is 1.90 bits per heavy atom. The molecule has 2 rings (SSSR count). The van der Waals surface area contributed by atoms with Crippen molar-refractivity contribution in [2.24, 2.45) is 0 Å². The number of carbonyl (C=O) groups is 1. The van der Waals surface area contributed by atoms with Crippen LogP contribution in [0.2, 0.25) is 0 Å². The van der Waals surface area contributed by atoms with Gasteiger partial charge in [-0.2, -0.15) is 0 Å². The summed E-state index contributed by atoms with van der Waals surface area (Å²) in [6.07, 6.45) is 3.26. The fourth-order valence-electron chi connectivity index (χ4n) is 1.53. The number of hydrogen-bond acceptors (Lipinski definition) is 4. The SMILES string of the molecule is CC(C)(C)NC(=O)Nc1ccnc(-c2ccccn2)n1. The van der Waals surface area contributed by atoms with Crippen LogP contribution in [0.1, 0.15) is 20.8 Å². The van der Waals surface area contributed by atoms with Crippen LogP contribution < -0.4 is 10.6 Å². The van der Waals surface area contributed by atoms with Gasteiger partial charge in [0.15, 0.2) is 5.82 Å². The summed E-state index contributed by atoms with van der Waals surface area (Å²) in [5.41, 5.74) is 0.355. The first-order valence-corrected chi connectivity index (χ1v) is 6.28. The first-order valence-electron chi connectivity index (χ1n) is 6.28. The summed E-state index contributed by atoms with van der Waals surface area (Å²) in [6.45, 7) is 5.73. The Morgan fingerprint density at radius 1 is 1.10 bits per heavy atom. The van der Waals surface area contributed by atoms with E-state index >= 15 is 0 Å². The van der Waals surface area contributed by atoms with E-state index < -0.39 is 0 Å². The number of aromatic nitrogens is 3. The number of pyridine rings is 1. The van der Waals surface area contributed by atoms with Gasteiger partial charge in [0.2, 0.25) is 0 Å². The molecule has 2 aromatic rings. The molecule has 0 aliphatic heterocycles. The number of anilines is 1. The molecule has 6 heteroatoms. The van der Waals surface area contributed by atoms with Gasteiger partial charge in [0.1, 0.15) is 11.5 Å². The Balaban J connectivity index is 2.13. The molecular weight excluding hydrogens is 254 g/mol. The second-order valence-corrected chi connectivity index (χ2v) is 5.31. The Morgan fingerprint density at radius 3 is 2.55 bits per heavy atom. The van der Waals surface area contributed by atoms with Gasteiger partial charge in [0, 0.05) is 17.9 Å². The molecule has 0 saturated carbocycles. The second-order valence-electron chi connectivity index (χ2n) is 5.31. The molecule has 2 amide bonds. The summed E-state index contributed by atoms with van der Waals surface area (Å²) in [4.78, 5) is 24.4. The molecule has 2 N–H and O–H groups in total. The summed E-state index contributed by atoms with van der Waals surface area (Å²) in [5, 5.41) is 5.48. The van der Waals surface area contributed by atoms with Gasteiger partial charge in [-0.3, -0.25) is 10.3 Å². The van der Waals surface area contributed by atoms with Crippen molar-refractivity contribution < 1.29 is 4.79 Å². The molecule has 104 valence electrons. The minimum Gasteiger partial charge on any atom is -0.333 e. The van der Waals surface area contributed by atoms with E-state index in [-0.39, 0.29) is 11.6 Å². The third-order valence-corrected chi connectivity index (χ3v) is 2.28. The monoisotopic (exact) mass is 271 g/mol. The van der Waals surface area contributed by atoms with Gasteiger partial charge >= 0.3 is 6.03 Å². The lowest BCUT2D eigenvalue weighted by atomic mass is 10.1. The number of amides is 2. The molecule has 6 nitrogen and oxygen atoms in total. The Hall–Kier alpha value is -2.50. The molecular formula is C14H17N5O. The van der Waals surface area contributed by atoms with E-state index in [1.165, 1.54) is 0 Å². The van der Waals surface area contributed by atoms with Crippen LogP contribution in [0.25, 0.3) is 11.5 Å². The normalized spacial score (nSPS) is 10.9. The van der Waals surface area contributed by atoms with Gasteiger partial charge in [0.25, 0.3) is 0 Å². The van der Waals surface area contributed by atoms with Crippen molar-refractivity contribution >= 4 is 11.8 Å². The van der Waals surface area contributed by atoms with Crippen molar-refractivity contribution in [2.75, 3.05) is 5.32 Å². The number of nitrogens with one attached hydrogen (secondary N) is 2. The molecule has 0 saturated heterocycles. The highest BCUT2D eigenvalue weighted by Gasteiger charge is 2.14. The first kappa shape index (κ1) is 13.9. The molecule has 0 atom stereocenters. The van der Waals surface area contributed by atoms with E-state index in [0.29, 0.717) is 17.3 Å². The molecule has 20 heavy (non-hydrogen) atoms. The highest BCUT2D eigenvalue weighted by Crippen LogP contribution is 2.13. The van der Waals surface area contributed by atoms with E-state index in [1.54, 1.807) is 18.5 Å². The van der Waals surface area contributed by atoms with Crippen molar-refractivity contribution in [3.63, 3.8) is 0 Å². The average Bonchev–Trinajstić information content (AvgIpc) is 2.38. The van der Waals surface area contributed by atoms with Crippen molar-refractivity contribution in [3.8, 4) is 11.5 Å². The molecule has 2 heterocycles. The van der Waals surface area contributed by atoms with Crippen LogP contribution in [0.3, 0.4) is 0 Å². The zero-order valence-corrected chi connectivity index (χ0v) is 11.7.